The van der Waals surface area contributed by atoms with E-state index in [1.165, 1.54) is 11.1 Å². The molecule has 1 aromatic rings. The van der Waals surface area contributed by atoms with Crippen molar-refractivity contribution in [2.45, 2.75) is 26.7 Å². The van der Waals surface area contributed by atoms with Gasteiger partial charge in [-0.05, 0) is 67.2 Å². The van der Waals surface area contributed by atoms with Crippen molar-refractivity contribution >= 4 is 6.05 Å². The molecule has 1 aromatic carbocycles. The highest BCUT2D eigenvalue weighted by Crippen LogP contribution is 2.24. The number of hydrogen-bond acceptors (Lipinski definition) is 0. The van der Waals surface area contributed by atoms with Crippen LogP contribution >= 0.6 is 0 Å². The summed E-state index contributed by atoms with van der Waals surface area (Å²) in [4.78, 5) is 0. The molecule has 0 amide bonds. The van der Waals surface area contributed by atoms with E-state index < -0.39 is 0 Å². The zero-order valence-electron chi connectivity index (χ0n) is 16.3. The van der Waals surface area contributed by atoms with Gasteiger partial charge in [-0.15, -0.1) is 0 Å². The highest BCUT2D eigenvalue weighted by atomic mass is 14.1. The normalized spacial score (nSPS) is 19.1. The van der Waals surface area contributed by atoms with Crippen LogP contribution in [0.5, 0.6) is 0 Å². The summed E-state index contributed by atoms with van der Waals surface area (Å²) in [7, 11) is 0. The quantitative estimate of drug-likeness (QED) is 0.580. The maximum atomic E-state index is 8.74. The summed E-state index contributed by atoms with van der Waals surface area (Å²) in [5.74, 6) is 0. The topological polar surface area (TPSA) is 0 Å². The number of allylic oxidation sites excluding steroid dienone is 13. The molecular weight excluding hydrogens is 288 g/mol. The van der Waals surface area contributed by atoms with Gasteiger partial charge in [-0.2, -0.15) is 0 Å². The van der Waals surface area contributed by atoms with Crippen molar-refractivity contribution in [2.75, 3.05) is 0 Å². The van der Waals surface area contributed by atoms with E-state index in [9.17, 15) is 0 Å². The lowest BCUT2D eigenvalue weighted by atomic mass is 9.95. The highest BCUT2D eigenvalue weighted by Gasteiger charge is 2.04. The van der Waals surface area contributed by atoms with Crippen molar-refractivity contribution in [2.24, 2.45) is 0 Å². The summed E-state index contributed by atoms with van der Waals surface area (Å²) in [6.07, 6.45) is 16.2. The fourth-order valence-electron chi connectivity index (χ4n) is 2.95. The molecule has 0 heteroatoms. The third-order valence-electron chi connectivity index (χ3n) is 3.89. The first-order valence-electron chi connectivity index (χ1n) is 9.41. The smallest absolute Gasteiger partial charge is 0.0635 e. The first-order chi connectivity index (χ1) is 12.5. The minimum absolute atomic E-state index is 0.380. The van der Waals surface area contributed by atoms with Crippen molar-refractivity contribution < 1.29 is 2.74 Å². The van der Waals surface area contributed by atoms with Gasteiger partial charge in [0.05, 0.1) is 2.74 Å². The molecule has 0 saturated carbocycles. The molecule has 0 spiro atoms. The van der Waals surface area contributed by atoms with Gasteiger partial charge in [0.25, 0.3) is 0 Å². The Morgan fingerprint density at radius 3 is 2.29 bits per heavy atom. The predicted molar refractivity (Wildman–Crippen MR) is 106 cm³/mol. The lowest BCUT2D eigenvalue weighted by Gasteiger charge is -2.11. The van der Waals surface area contributed by atoms with Crippen molar-refractivity contribution in [3.8, 4) is 0 Å². The molecule has 24 heavy (non-hydrogen) atoms. The van der Waals surface area contributed by atoms with Crippen molar-refractivity contribution in [3.63, 3.8) is 0 Å². The van der Waals surface area contributed by atoms with E-state index in [1.807, 2.05) is 48.6 Å². The van der Waals surface area contributed by atoms with Gasteiger partial charge >= 0.3 is 0 Å². The third kappa shape index (κ3) is 4.70. The summed E-state index contributed by atoms with van der Waals surface area (Å²) in [6, 6.07) is 10.4. The standard InChI is InChI=1S/C24H24/c1-19-13-20(2)15-23(14-19)18-24(16-21-9-5-3-6-10-21)17-22-11-7-4-8-12-22/h3,5-12,14-18H,4,13H2,1-2H3/b24-16+/i16D,17D. The molecule has 0 atom stereocenters. The number of benzene rings is 1. The van der Waals surface area contributed by atoms with Crippen LogP contribution in [0.1, 0.15) is 35.0 Å². The number of hydrogen-bond donors (Lipinski definition) is 0. The van der Waals surface area contributed by atoms with Crippen LogP contribution in [0.25, 0.3) is 6.05 Å². The van der Waals surface area contributed by atoms with E-state index in [0.29, 0.717) is 17.7 Å². The zero-order valence-corrected chi connectivity index (χ0v) is 14.3. The Balaban J connectivity index is 2.18. The summed E-state index contributed by atoms with van der Waals surface area (Å²) >= 11 is 0. The van der Waals surface area contributed by atoms with Crippen LogP contribution in [0, 0.1) is 0 Å². The Labute approximate surface area is 148 Å². The molecule has 0 bridgehead atoms. The molecule has 0 heterocycles. The second-order valence-corrected chi connectivity index (χ2v) is 6.33. The largest absolute Gasteiger partial charge is 0.0801 e. The van der Waals surface area contributed by atoms with E-state index in [1.54, 1.807) is 0 Å². The van der Waals surface area contributed by atoms with Crippen LogP contribution in [0.2, 0.25) is 0 Å². The highest BCUT2D eigenvalue weighted by molar-refractivity contribution is 5.63. The van der Waals surface area contributed by atoms with Crippen molar-refractivity contribution in [1.82, 2.24) is 0 Å². The third-order valence-corrected chi connectivity index (χ3v) is 3.89. The van der Waals surface area contributed by atoms with Gasteiger partial charge < -0.3 is 0 Å². The molecule has 120 valence electrons. The first-order valence-corrected chi connectivity index (χ1v) is 8.41. The molecule has 0 nitrogen and oxygen atoms in total. The Morgan fingerprint density at radius 1 is 0.958 bits per heavy atom. The fourth-order valence-corrected chi connectivity index (χ4v) is 2.95. The van der Waals surface area contributed by atoms with E-state index in [-0.39, 0.29) is 0 Å². The van der Waals surface area contributed by atoms with Crippen molar-refractivity contribution in [3.05, 3.63) is 112 Å². The van der Waals surface area contributed by atoms with Crippen LogP contribution in [0.3, 0.4) is 0 Å². The molecule has 2 aliphatic carbocycles. The van der Waals surface area contributed by atoms with Crippen LogP contribution in [-0.4, -0.2) is 0 Å². The Kier molecular flexibility index (Phi) is 4.48. The van der Waals surface area contributed by atoms with E-state index in [4.69, 9.17) is 2.74 Å². The average molecular weight is 314 g/mol. The van der Waals surface area contributed by atoms with Crippen LogP contribution in [0.4, 0.5) is 0 Å². The Morgan fingerprint density at radius 2 is 1.62 bits per heavy atom. The van der Waals surface area contributed by atoms with Crippen LogP contribution in [-0.2, 0) is 0 Å². The summed E-state index contributed by atoms with van der Waals surface area (Å²) in [5.41, 5.74) is 5.98. The maximum absolute atomic E-state index is 8.74. The SMILES string of the molecule is [2H]C(=C1C=CCC=C1)/C(C=C1C=C(C)CC(C)=C1)=C(/[2H])c1ccccc1. The summed E-state index contributed by atoms with van der Waals surface area (Å²) in [6.45, 7) is 4.25. The molecule has 0 aliphatic heterocycles. The lowest BCUT2D eigenvalue weighted by molar-refractivity contribution is 1.08. The fraction of sp³-hybridized carbons (Fsp3) is 0.167. The average Bonchev–Trinajstić information content (AvgIpc) is 2.66. The Hall–Kier alpha value is -2.60. The lowest BCUT2D eigenvalue weighted by Crippen LogP contribution is -1.91. The molecule has 0 N–H and O–H groups in total. The Bertz CT molecular complexity index is 867. The predicted octanol–water partition coefficient (Wildman–Crippen LogP) is 6.74. The molecule has 0 aromatic heterocycles. The van der Waals surface area contributed by atoms with Gasteiger partial charge in [0.2, 0.25) is 0 Å². The van der Waals surface area contributed by atoms with Gasteiger partial charge in [-0.1, -0.05) is 77.9 Å². The van der Waals surface area contributed by atoms with Crippen molar-refractivity contribution in [1.29, 1.82) is 0 Å². The van der Waals surface area contributed by atoms with Gasteiger partial charge in [-0.3, -0.25) is 0 Å². The summed E-state index contributed by atoms with van der Waals surface area (Å²) < 4.78 is 17.5. The molecule has 0 fully saturated rings. The molecular formula is C24H24. The second kappa shape index (κ2) is 7.79. The molecule has 0 radical (unpaired) electrons. The summed E-state index contributed by atoms with van der Waals surface area (Å²) in [5, 5.41) is 0. The second-order valence-electron chi connectivity index (χ2n) is 6.33. The maximum Gasteiger partial charge on any atom is 0.0635 e. The molecule has 0 saturated heterocycles. The minimum Gasteiger partial charge on any atom is -0.0801 e. The van der Waals surface area contributed by atoms with Crippen LogP contribution in [0.15, 0.2) is 107 Å². The first kappa shape index (κ1) is 13.8. The van der Waals surface area contributed by atoms with Gasteiger partial charge in [-0.25, -0.2) is 0 Å². The van der Waals surface area contributed by atoms with E-state index >= 15 is 0 Å². The van der Waals surface area contributed by atoms with Crippen LogP contribution < -0.4 is 0 Å². The van der Waals surface area contributed by atoms with Gasteiger partial charge in [0.1, 0.15) is 0 Å². The molecule has 0 unspecified atom stereocenters. The van der Waals surface area contributed by atoms with E-state index in [0.717, 1.165) is 29.6 Å². The zero-order chi connectivity index (χ0) is 18.5. The minimum atomic E-state index is 0.380. The molecule has 3 rings (SSSR count). The van der Waals surface area contributed by atoms with Gasteiger partial charge in [0, 0.05) is 0 Å². The van der Waals surface area contributed by atoms with E-state index in [2.05, 4.69) is 38.2 Å². The monoisotopic (exact) mass is 314 g/mol. The van der Waals surface area contributed by atoms with Gasteiger partial charge in [0.15, 0.2) is 0 Å². The number of rotatable bonds is 3. The molecule has 2 aliphatic rings.